The average Bonchev–Trinajstić information content (AvgIpc) is 2.31. The summed E-state index contributed by atoms with van der Waals surface area (Å²) >= 11 is 0. The Morgan fingerprint density at radius 1 is 1.21 bits per heavy atom. The highest BCUT2D eigenvalue weighted by Crippen LogP contribution is 2.09. The number of halogens is 1. The standard InChI is InChI=1S/C13H30N4O.HI/c1-7-14-12(15-9-10-18-8-2)16-11-13(3,4)17(5)6;/h7-11H2,1-6H3,(H2,14,15,16);1H. The van der Waals surface area contributed by atoms with Crippen LogP contribution in [0.3, 0.4) is 0 Å². The summed E-state index contributed by atoms with van der Waals surface area (Å²) in [6.45, 7) is 12.3. The Kier molecular flexibility index (Phi) is 13.1. The fraction of sp³-hybridized carbons (Fsp3) is 0.923. The van der Waals surface area contributed by atoms with Crippen molar-refractivity contribution < 1.29 is 4.74 Å². The lowest BCUT2D eigenvalue weighted by atomic mass is 10.1. The first-order chi connectivity index (χ1) is 8.44. The van der Waals surface area contributed by atoms with Crippen LogP contribution in [0.25, 0.3) is 0 Å². The Hall–Kier alpha value is -0.0800. The van der Waals surface area contributed by atoms with Crippen LogP contribution in [0, 0.1) is 0 Å². The maximum atomic E-state index is 5.29. The van der Waals surface area contributed by atoms with Gasteiger partial charge in [0.2, 0.25) is 0 Å². The van der Waals surface area contributed by atoms with E-state index >= 15 is 0 Å². The number of ether oxygens (including phenoxy) is 1. The van der Waals surface area contributed by atoms with Gasteiger partial charge in [0.25, 0.3) is 0 Å². The van der Waals surface area contributed by atoms with Crippen LogP contribution in [0.1, 0.15) is 27.7 Å². The van der Waals surface area contributed by atoms with Crippen molar-refractivity contribution in [2.75, 3.05) is 46.9 Å². The van der Waals surface area contributed by atoms with E-state index in [2.05, 4.69) is 55.4 Å². The van der Waals surface area contributed by atoms with Crippen LogP contribution >= 0.6 is 24.0 Å². The zero-order valence-corrected chi connectivity index (χ0v) is 15.6. The number of guanidine groups is 1. The highest BCUT2D eigenvalue weighted by molar-refractivity contribution is 14.0. The van der Waals surface area contributed by atoms with Gasteiger partial charge in [-0.05, 0) is 41.8 Å². The number of hydrogen-bond donors (Lipinski definition) is 2. The first-order valence-corrected chi connectivity index (χ1v) is 6.71. The molecule has 0 unspecified atom stereocenters. The van der Waals surface area contributed by atoms with Crippen molar-refractivity contribution in [2.24, 2.45) is 4.99 Å². The maximum Gasteiger partial charge on any atom is 0.191 e. The first-order valence-electron chi connectivity index (χ1n) is 6.71. The summed E-state index contributed by atoms with van der Waals surface area (Å²) in [4.78, 5) is 6.78. The summed E-state index contributed by atoms with van der Waals surface area (Å²) in [5.41, 5.74) is 0.0578. The molecule has 2 N–H and O–H groups in total. The largest absolute Gasteiger partial charge is 0.380 e. The molecule has 0 heterocycles. The summed E-state index contributed by atoms with van der Waals surface area (Å²) < 4.78 is 5.29. The third-order valence-corrected chi connectivity index (χ3v) is 2.92. The molecule has 0 rings (SSSR count). The molecular formula is C13H31IN4O. The van der Waals surface area contributed by atoms with Gasteiger partial charge in [-0.15, -0.1) is 24.0 Å². The molecule has 0 aromatic heterocycles. The van der Waals surface area contributed by atoms with Gasteiger partial charge < -0.3 is 20.3 Å². The quantitative estimate of drug-likeness (QED) is 0.288. The highest BCUT2D eigenvalue weighted by Gasteiger charge is 2.19. The molecule has 0 aliphatic carbocycles. The summed E-state index contributed by atoms with van der Waals surface area (Å²) in [5, 5.41) is 6.50. The van der Waals surface area contributed by atoms with Gasteiger partial charge in [0.15, 0.2) is 5.96 Å². The predicted molar refractivity (Wildman–Crippen MR) is 93.7 cm³/mol. The molecule has 0 radical (unpaired) electrons. The van der Waals surface area contributed by atoms with E-state index in [4.69, 9.17) is 4.74 Å². The second kappa shape index (κ2) is 11.7. The summed E-state index contributed by atoms with van der Waals surface area (Å²) in [6, 6.07) is 0. The summed E-state index contributed by atoms with van der Waals surface area (Å²) in [5.74, 6) is 0.854. The molecule has 0 saturated heterocycles. The highest BCUT2D eigenvalue weighted by atomic mass is 127. The number of likely N-dealkylation sites (N-methyl/N-ethyl adjacent to an activating group) is 1. The van der Waals surface area contributed by atoms with Crippen LogP contribution in [0.4, 0.5) is 0 Å². The molecule has 0 aliphatic rings. The SMILES string of the molecule is CCNC(=NCC(C)(C)N(C)C)NCCOCC.I. The number of rotatable bonds is 8. The van der Waals surface area contributed by atoms with Gasteiger partial charge in [-0.1, -0.05) is 0 Å². The lowest BCUT2D eigenvalue weighted by Crippen LogP contribution is -2.44. The van der Waals surface area contributed by atoms with Gasteiger partial charge >= 0.3 is 0 Å². The van der Waals surface area contributed by atoms with Crippen molar-refractivity contribution >= 4 is 29.9 Å². The molecule has 5 nitrogen and oxygen atoms in total. The second-order valence-corrected chi connectivity index (χ2v) is 5.03. The third kappa shape index (κ3) is 10.4. The minimum Gasteiger partial charge on any atom is -0.380 e. The molecular weight excluding hydrogens is 355 g/mol. The lowest BCUT2D eigenvalue weighted by molar-refractivity contribution is 0.152. The van der Waals surface area contributed by atoms with Crippen molar-refractivity contribution in [2.45, 2.75) is 33.2 Å². The van der Waals surface area contributed by atoms with Crippen LogP contribution < -0.4 is 10.6 Å². The second-order valence-electron chi connectivity index (χ2n) is 5.03. The van der Waals surface area contributed by atoms with E-state index in [1.165, 1.54) is 0 Å². The van der Waals surface area contributed by atoms with Crippen molar-refractivity contribution in [1.82, 2.24) is 15.5 Å². The van der Waals surface area contributed by atoms with E-state index < -0.39 is 0 Å². The average molecular weight is 386 g/mol. The molecule has 19 heavy (non-hydrogen) atoms. The van der Waals surface area contributed by atoms with E-state index in [9.17, 15) is 0 Å². The molecule has 0 aromatic carbocycles. The Morgan fingerprint density at radius 3 is 2.32 bits per heavy atom. The van der Waals surface area contributed by atoms with E-state index in [1.54, 1.807) is 0 Å². The van der Waals surface area contributed by atoms with Gasteiger partial charge in [0.05, 0.1) is 13.2 Å². The van der Waals surface area contributed by atoms with Crippen molar-refractivity contribution in [3.8, 4) is 0 Å². The van der Waals surface area contributed by atoms with Crippen LogP contribution in [0.15, 0.2) is 4.99 Å². The van der Waals surface area contributed by atoms with E-state index in [0.717, 1.165) is 32.2 Å². The molecule has 0 aromatic rings. The van der Waals surface area contributed by atoms with E-state index in [0.29, 0.717) is 6.61 Å². The Bertz CT molecular complexity index is 245. The molecule has 0 fully saturated rings. The summed E-state index contributed by atoms with van der Waals surface area (Å²) in [7, 11) is 4.15. The fourth-order valence-corrected chi connectivity index (χ4v) is 1.14. The van der Waals surface area contributed by atoms with Gasteiger partial charge in [-0.3, -0.25) is 4.99 Å². The summed E-state index contributed by atoms with van der Waals surface area (Å²) in [6.07, 6.45) is 0. The van der Waals surface area contributed by atoms with E-state index in [1.807, 2.05) is 6.92 Å². The maximum absolute atomic E-state index is 5.29. The van der Waals surface area contributed by atoms with Gasteiger partial charge in [0.1, 0.15) is 0 Å². The number of hydrogen-bond acceptors (Lipinski definition) is 3. The normalized spacial score (nSPS) is 12.3. The molecule has 0 bridgehead atoms. The minimum absolute atomic E-state index is 0. The third-order valence-electron chi connectivity index (χ3n) is 2.92. The van der Waals surface area contributed by atoms with Gasteiger partial charge in [-0.2, -0.15) is 0 Å². The number of nitrogens with one attached hydrogen (secondary N) is 2. The Balaban J connectivity index is 0. The fourth-order valence-electron chi connectivity index (χ4n) is 1.14. The number of nitrogens with zero attached hydrogens (tertiary/aromatic N) is 2. The van der Waals surface area contributed by atoms with Gasteiger partial charge in [0, 0.05) is 25.2 Å². The Morgan fingerprint density at radius 2 is 1.84 bits per heavy atom. The lowest BCUT2D eigenvalue weighted by Gasteiger charge is -2.31. The van der Waals surface area contributed by atoms with Crippen molar-refractivity contribution in [3.63, 3.8) is 0 Å². The van der Waals surface area contributed by atoms with Crippen LogP contribution in [-0.4, -0.2) is 63.3 Å². The van der Waals surface area contributed by atoms with Crippen LogP contribution in [0.5, 0.6) is 0 Å². The molecule has 0 spiro atoms. The molecule has 6 heteroatoms. The van der Waals surface area contributed by atoms with Crippen molar-refractivity contribution in [3.05, 3.63) is 0 Å². The molecule has 0 amide bonds. The zero-order chi connectivity index (χ0) is 14.0. The molecule has 116 valence electrons. The van der Waals surface area contributed by atoms with E-state index in [-0.39, 0.29) is 29.5 Å². The van der Waals surface area contributed by atoms with Crippen molar-refractivity contribution in [1.29, 1.82) is 0 Å². The smallest absolute Gasteiger partial charge is 0.191 e. The predicted octanol–water partition coefficient (Wildman–Crippen LogP) is 1.54. The first kappa shape index (κ1) is 21.2. The number of aliphatic imine (C=N–C) groups is 1. The molecule has 0 atom stereocenters. The molecule has 0 aliphatic heterocycles. The zero-order valence-electron chi connectivity index (χ0n) is 13.2. The minimum atomic E-state index is 0. The van der Waals surface area contributed by atoms with Crippen LogP contribution in [-0.2, 0) is 4.74 Å². The van der Waals surface area contributed by atoms with Crippen LogP contribution in [0.2, 0.25) is 0 Å². The van der Waals surface area contributed by atoms with Gasteiger partial charge in [-0.25, -0.2) is 0 Å². The Labute approximate surface area is 135 Å². The monoisotopic (exact) mass is 386 g/mol. The topological polar surface area (TPSA) is 48.9 Å². The molecule has 0 saturated carbocycles.